The Labute approximate surface area is 130 Å². The second-order valence-corrected chi connectivity index (χ2v) is 5.84. The Morgan fingerprint density at radius 2 is 2.10 bits per heavy atom. The van der Waals surface area contributed by atoms with Crippen LogP contribution < -0.4 is 10.6 Å². The monoisotopic (exact) mass is 311 g/mol. The predicted molar refractivity (Wildman–Crippen MR) is 84.9 cm³/mol. The molecule has 0 spiro atoms. The highest BCUT2D eigenvalue weighted by molar-refractivity contribution is 6.30. The Morgan fingerprint density at radius 1 is 1.38 bits per heavy atom. The molecule has 1 saturated heterocycles. The van der Waals surface area contributed by atoms with E-state index in [4.69, 9.17) is 16.3 Å². The number of ether oxygens (including phenoxy) is 1. The number of morpholine rings is 1. The molecule has 0 bridgehead atoms. The zero-order valence-corrected chi connectivity index (χ0v) is 13.2. The molecule has 2 N–H and O–H groups in total. The Kier molecular flexibility index (Phi) is 5.85. The van der Waals surface area contributed by atoms with Crippen LogP contribution in [0.1, 0.15) is 13.8 Å². The highest BCUT2D eigenvalue weighted by atomic mass is 35.5. The van der Waals surface area contributed by atoms with Gasteiger partial charge >= 0.3 is 6.03 Å². The number of halogens is 1. The normalized spacial score (nSPS) is 22.8. The lowest BCUT2D eigenvalue weighted by Gasteiger charge is -2.35. The van der Waals surface area contributed by atoms with Gasteiger partial charge in [0.25, 0.3) is 0 Å². The van der Waals surface area contributed by atoms with Crippen LogP contribution in [0.3, 0.4) is 0 Å². The maximum Gasteiger partial charge on any atom is 0.319 e. The largest absolute Gasteiger partial charge is 0.373 e. The van der Waals surface area contributed by atoms with E-state index in [0.29, 0.717) is 17.3 Å². The third kappa shape index (κ3) is 5.53. The Hall–Kier alpha value is -1.30. The number of urea groups is 1. The van der Waals surface area contributed by atoms with Gasteiger partial charge in [-0.25, -0.2) is 4.79 Å². The van der Waals surface area contributed by atoms with Crippen LogP contribution in [0.5, 0.6) is 0 Å². The second-order valence-electron chi connectivity index (χ2n) is 5.41. The van der Waals surface area contributed by atoms with Crippen molar-refractivity contribution < 1.29 is 9.53 Å². The number of nitrogens with one attached hydrogen (secondary N) is 2. The van der Waals surface area contributed by atoms with Crippen LogP contribution in [0.25, 0.3) is 0 Å². The highest BCUT2D eigenvalue weighted by Crippen LogP contribution is 2.14. The minimum atomic E-state index is -0.216. The number of rotatable bonds is 4. The smallest absolute Gasteiger partial charge is 0.319 e. The van der Waals surface area contributed by atoms with Crippen molar-refractivity contribution in [1.82, 2.24) is 10.2 Å². The Bertz CT molecular complexity index is 474. The van der Waals surface area contributed by atoms with Crippen molar-refractivity contribution >= 4 is 23.3 Å². The van der Waals surface area contributed by atoms with Crippen LogP contribution in [0.15, 0.2) is 24.3 Å². The molecule has 0 aromatic heterocycles. The van der Waals surface area contributed by atoms with E-state index in [1.165, 1.54) is 0 Å². The summed E-state index contributed by atoms with van der Waals surface area (Å²) in [7, 11) is 0. The molecule has 21 heavy (non-hydrogen) atoms. The zero-order valence-electron chi connectivity index (χ0n) is 12.4. The van der Waals surface area contributed by atoms with Gasteiger partial charge < -0.3 is 15.4 Å². The summed E-state index contributed by atoms with van der Waals surface area (Å²) in [5.74, 6) is 0. The summed E-state index contributed by atoms with van der Waals surface area (Å²) in [5.41, 5.74) is 0.689. The molecule has 1 aliphatic rings. The molecule has 2 rings (SSSR count). The maximum atomic E-state index is 11.8. The van der Waals surface area contributed by atoms with Crippen molar-refractivity contribution in [2.75, 3.05) is 31.5 Å². The van der Waals surface area contributed by atoms with Crippen LogP contribution in [-0.4, -0.2) is 49.3 Å². The molecule has 2 amide bonds. The van der Waals surface area contributed by atoms with E-state index < -0.39 is 0 Å². The number of hydrogen-bond acceptors (Lipinski definition) is 3. The fourth-order valence-electron chi connectivity index (χ4n) is 2.54. The van der Waals surface area contributed by atoms with Gasteiger partial charge in [-0.3, -0.25) is 4.90 Å². The lowest BCUT2D eigenvalue weighted by molar-refractivity contribution is -0.0672. The summed E-state index contributed by atoms with van der Waals surface area (Å²) >= 11 is 5.87. The lowest BCUT2D eigenvalue weighted by Crippen LogP contribution is -2.48. The minimum Gasteiger partial charge on any atom is -0.373 e. The van der Waals surface area contributed by atoms with Gasteiger partial charge in [-0.1, -0.05) is 17.7 Å². The molecule has 1 fully saturated rings. The Balaban J connectivity index is 1.69. The first-order valence-electron chi connectivity index (χ1n) is 7.21. The summed E-state index contributed by atoms with van der Waals surface area (Å²) in [6.45, 7) is 7.38. The van der Waals surface area contributed by atoms with E-state index >= 15 is 0 Å². The SMILES string of the molecule is C[C@@H]1CN(CCNC(=O)Nc2cccc(Cl)c2)C[C@@H](C)O1. The summed E-state index contributed by atoms with van der Waals surface area (Å²) in [4.78, 5) is 14.1. The molecule has 0 unspecified atom stereocenters. The van der Waals surface area contributed by atoms with Crippen molar-refractivity contribution in [3.05, 3.63) is 29.3 Å². The van der Waals surface area contributed by atoms with E-state index in [2.05, 4.69) is 29.4 Å². The standard InChI is InChI=1S/C15H22ClN3O2/c1-11-9-19(10-12(2)21-11)7-6-17-15(20)18-14-5-3-4-13(16)8-14/h3-5,8,11-12H,6-7,9-10H2,1-2H3,(H2,17,18,20)/t11-,12-/m1/s1. The molecule has 6 heteroatoms. The van der Waals surface area contributed by atoms with Gasteiger partial charge in [-0.2, -0.15) is 0 Å². The van der Waals surface area contributed by atoms with E-state index in [0.717, 1.165) is 19.6 Å². The number of benzene rings is 1. The summed E-state index contributed by atoms with van der Waals surface area (Å²) in [6.07, 6.45) is 0.489. The number of carbonyl (C=O) groups excluding carboxylic acids is 1. The quantitative estimate of drug-likeness (QED) is 0.898. The van der Waals surface area contributed by atoms with Gasteiger partial charge in [0.1, 0.15) is 0 Å². The molecular formula is C15H22ClN3O2. The molecule has 116 valence electrons. The molecule has 0 radical (unpaired) electrons. The number of hydrogen-bond donors (Lipinski definition) is 2. The Morgan fingerprint density at radius 3 is 2.76 bits per heavy atom. The minimum absolute atomic E-state index is 0.216. The lowest BCUT2D eigenvalue weighted by atomic mass is 10.2. The molecule has 1 aromatic rings. The van der Waals surface area contributed by atoms with Gasteiger partial charge in [0.2, 0.25) is 0 Å². The third-order valence-electron chi connectivity index (χ3n) is 3.29. The number of anilines is 1. The van der Waals surface area contributed by atoms with Gasteiger partial charge in [0, 0.05) is 36.9 Å². The van der Waals surface area contributed by atoms with Crippen molar-refractivity contribution in [3.8, 4) is 0 Å². The number of nitrogens with zero attached hydrogens (tertiary/aromatic N) is 1. The molecule has 1 heterocycles. The molecule has 1 aromatic carbocycles. The van der Waals surface area contributed by atoms with E-state index in [1.54, 1.807) is 24.3 Å². The number of amides is 2. The molecular weight excluding hydrogens is 290 g/mol. The first-order valence-corrected chi connectivity index (χ1v) is 7.59. The fourth-order valence-corrected chi connectivity index (χ4v) is 2.73. The van der Waals surface area contributed by atoms with Gasteiger partial charge in [-0.05, 0) is 32.0 Å². The highest BCUT2D eigenvalue weighted by Gasteiger charge is 2.21. The molecule has 5 nitrogen and oxygen atoms in total. The zero-order chi connectivity index (χ0) is 15.2. The molecule has 2 atom stereocenters. The van der Waals surface area contributed by atoms with Crippen LogP contribution in [0.4, 0.5) is 10.5 Å². The fraction of sp³-hybridized carbons (Fsp3) is 0.533. The van der Waals surface area contributed by atoms with Gasteiger partial charge in [-0.15, -0.1) is 0 Å². The maximum absolute atomic E-state index is 11.8. The molecule has 1 aliphatic heterocycles. The summed E-state index contributed by atoms with van der Waals surface area (Å²) in [6, 6.07) is 6.87. The van der Waals surface area contributed by atoms with Gasteiger partial charge in [0.05, 0.1) is 12.2 Å². The topological polar surface area (TPSA) is 53.6 Å². The average molecular weight is 312 g/mol. The third-order valence-corrected chi connectivity index (χ3v) is 3.53. The van der Waals surface area contributed by atoms with E-state index in [-0.39, 0.29) is 18.2 Å². The van der Waals surface area contributed by atoms with E-state index in [1.807, 2.05) is 0 Å². The average Bonchev–Trinajstić information content (AvgIpc) is 2.37. The molecule has 0 saturated carbocycles. The van der Waals surface area contributed by atoms with Crippen LogP contribution in [0, 0.1) is 0 Å². The van der Waals surface area contributed by atoms with Gasteiger partial charge in [0.15, 0.2) is 0 Å². The number of carbonyl (C=O) groups is 1. The van der Waals surface area contributed by atoms with Crippen molar-refractivity contribution in [2.45, 2.75) is 26.1 Å². The van der Waals surface area contributed by atoms with Crippen LogP contribution in [0.2, 0.25) is 5.02 Å². The molecule has 0 aliphatic carbocycles. The second kappa shape index (κ2) is 7.64. The first kappa shape index (κ1) is 16.1. The summed E-state index contributed by atoms with van der Waals surface area (Å²) in [5, 5.41) is 6.21. The van der Waals surface area contributed by atoms with Crippen molar-refractivity contribution in [2.24, 2.45) is 0 Å². The van der Waals surface area contributed by atoms with Crippen LogP contribution in [-0.2, 0) is 4.74 Å². The first-order chi connectivity index (χ1) is 10.0. The van der Waals surface area contributed by atoms with E-state index in [9.17, 15) is 4.79 Å². The van der Waals surface area contributed by atoms with Crippen LogP contribution >= 0.6 is 11.6 Å². The summed E-state index contributed by atoms with van der Waals surface area (Å²) < 4.78 is 5.68. The van der Waals surface area contributed by atoms with Crippen molar-refractivity contribution in [1.29, 1.82) is 0 Å². The predicted octanol–water partition coefficient (Wildman–Crippen LogP) is 2.57. The van der Waals surface area contributed by atoms with Crippen molar-refractivity contribution in [3.63, 3.8) is 0 Å².